The highest BCUT2D eigenvalue weighted by atomic mass is 32.2. The number of hydrogen-bond donors (Lipinski definition) is 0. The highest BCUT2D eigenvalue weighted by Crippen LogP contribution is 2.22. The number of benzene rings is 1. The molecule has 2 nitrogen and oxygen atoms in total. The maximum atomic E-state index is 11.1. The van der Waals surface area contributed by atoms with Crippen LogP contribution in [0.2, 0.25) is 0 Å². The van der Waals surface area contributed by atoms with Crippen LogP contribution in [-0.2, 0) is 9.53 Å². The fraction of sp³-hybridized carbons (Fsp3) is 0.500. The molecule has 0 unspecified atom stereocenters. The van der Waals surface area contributed by atoms with Crippen molar-refractivity contribution in [1.82, 2.24) is 0 Å². The molecular formula is C14H20O2S. The van der Waals surface area contributed by atoms with Crippen LogP contribution >= 0.6 is 11.8 Å². The molecule has 0 aliphatic rings. The summed E-state index contributed by atoms with van der Waals surface area (Å²) in [6.45, 7) is 6.55. The molecule has 0 aliphatic heterocycles. The topological polar surface area (TPSA) is 26.3 Å². The third kappa shape index (κ3) is 5.26. The maximum Gasteiger partial charge on any atom is 0.305 e. The van der Waals surface area contributed by atoms with Crippen LogP contribution in [0, 0.1) is 13.8 Å². The molecule has 0 heterocycles. The number of aryl methyl sites for hydroxylation is 2. The smallest absolute Gasteiger partial charge is 0.305 e. The number of carbonyl (C=O) groups excluding carboxylic acids is 1. The van der Waals surface area contributed by atoms with Crippen molar-refractivity contribution in [2.75, 3.05) is 12.4 Å². The van der Waals surface area contributed by atoms with Crippen molar-refractivity contribution in [1.29, 1.82) is 0 Å². The molecule has 0 bridgehead atoms. The molecule has 0 saturated heterocycles. The second kappa shape index (κ2) is 7.38. The van der Waals surface area contributed by atoms with Crippen molar-refractivity contribution < 1.29 is 9.53 Å². The Bertz CT molecular complexity index is 374. The molecule has 0 saturated carbocycles. The zero-order chi connectivity index (χ0) is 12.7. The van der Waals surface area contributed by atoms with Crippen molar-refractivity contribution in [3.8, 4) is 0 Å². The molecule has 0 amide bonds. The SMILES string of the molecule is CCOC(=O)CCCSc1ccc(C)c(C)c1. The van der Waals surface area contributed by atoms with Crippen LogP contribution in [0.5, 0.6) is 0 Å². The van der Waals surface area contributed by atoms with Crippen LogP contribution in [0.15, 0.2) is 23.1 Å². The summed E-state index contributed by atoms with van der Waals surface area (Å²) in [7, 11) is 0. The first-order chi connectivity index (χ1) is 8.13. The number of rotatable bonds is 6. The lowest BCUT2D eigenvalue weighted by molar-refractivity contribution is -0.143. The first-order valence-electron chi connectivity index (χ1n) is 5.99. The van der Waals surface area contributed by atoms with Crippen molar-refractivity contribution in [3.63, 3.8) is 0 Å². The average molecular weight is 252 g/mol. The molecule has 0 fully saturated rings. The van der Waals surface area contributed by atoms with Crippen molar-refractivity contribution in [3.05, 3.63) is 29.3 Å². The first kappa shape index (κ1) is 14.1. The molecule has 0 aliphatic carbocycles. The minimum atomic E-state index is -0.0896. The fourth-order valence-electron chi connectivity index (χ4n) is 1.44. The van der Waals surface area contributed by atoms with Crippen LogP contribution < -0.4 is 0 Å². The normalized spacial score (nSPS) is 10.3. The van der Waals surface area contributed by atoms with E-state index in [1.165, 1.54) is 16.0 Å². The Morgan fingerprint density at radius 1 is 1.29 bits per heavy atom. The van der Waals surface area contributed by atoms with Crippen LogP contribution in [0.3, 0.4) is 0 Å². The second-order valence-corrected chi connectivity index (χ2v) is 5.17. The number of ether oxygens (including phenoxy) is 1. The van der Waals surface area contributed by atoms with Crippen molar-refractivity contribution in [2.45, 2.75) is 38.5 Å². The first-order valence-corrected chi connectivity index (χ1v) is 6.97. The molecule has 94 valence electrons. The Hall–Kier alpha value is -0.960. The molecule has 0 N–H and O–H groups in total. The van der Waals surface area contributed by atoms with Gasteiger partial charge in [-0.1, -0.05) is 6.07 Å². The average Bonchev–Trinajstić information content (AvgIpc) is 2.29. The van der Waals surface area contributed by atoms with Gasteiger partial charge in [0.25, 0.3) is 0 Å². The van der Waals surface area contributed by atoms with E-state index in [2.05, 4.69) is 32.0 Å². The molecule has 17 heavy (non-hydrogen) atoms. The second-order valence-electron chi connectivity index (χ2n) is 4.00. The summed E-state index contributed by atoms with van der Waals surface area (Å²) in [5.74, 6) is 0.870. The largest absolute Gasteiger partial charge is 0.466 e. The third-order valence-electron chi connectivity index (χ3n) is 2.58. The summed E-state index contributed by atoms with van der Waals surface area (Å²) >= 11 is 1.80. The highest BCUT2D eigenvalue weighted by Gasteiger charge is 2.02. The molecule has 0 spiro atoms. The standard InChI is InChI=1S/C14H20O2S/c1-4-16-14(15)6-5-9-17-13-8-7-11(2)12(3)10-13/h7-8,10H,4-6,9H2,1-3H3. The molecule has 0 radical (unpaired) electrons. The number of carbonyl (C=O) groups is 1. The van der Waals surface area contributed by atoms with Crippen LogP contribution in [0.25, 0.3) is 0 Å². The number of hydrogen-bond acceptors (Lipinski definition) is 3. The van der Waals surface area contributed by atoms with Gasteiger partial charge >= 0.3 is 5.97 Å². The quantitative estimate of drug-likeness (QED) is 0.438. The van der Waals surface area contributed by atoms with E-state index in [1.54, 1.807) is 11.8 Å². The fourth-order valence-corrected chi connectivity index (χ4v) is 2.39. The molecule has 0 atom stereocenters. The van der Waals surface area contributed by atoms with Crippen molar-refractivity contribution >= 4 is 17.7 Å². The predicted molar refractivity (Wildman–Crippen MR) is 72.5 cm³/mol. The summed E-state index contributed by atoms with van der Waals surface area (Å²) in [5, 5.41) is 0. The molecule has 0 aromatic heterocycles. The van der Waals surface area contributed by atoms with Gasteiger partial charge in [0.1, 0.15) is 0 Å². The van der Waals surface area contributed by atoms with Crippen molar-refractivity contribution in [2.24, 2.45) is 0 Å². The lowest BCUT2D eigenvalue weighted by Crippen LogP contribution is -2.03. The minimum Gasteiger partial charge on any atom is -0.466 e. The lowest BCUT2D eigenvalue weighted by atomic mass is 10.1. The van der Waals surface area contributed by atoms with E-state index >= 15 is 0 Å². The van der Waals surface area contributed by atoms with Gasteiger partial charge in [0.15, 0.2) is 0 Å². The number of esters is 1. The van der Waals surface area contributed by atoms with Gasteiger partial charge in [0.2, 0.25) is 0 Å². The zero-order valence-corrected chi connectivity index (χ0v) is 11.6. The summed E-state index contributed by atoms with van der Waals surface area (Å²) < 4.78 is 4.88. The summed E-state index contributed by atoms with van der Waals surface area (Å²) in [6.07, 6.45) is 1.39. The van der Waals surface area contributed by atoms with Crippen LogP contribution in [0.4, 0.5) is 0 Å². The summed E-state index contributed by atoms with van der Waals surface area (Å²) in [4.78, 5) is 12.4. The van der Waals surface area contributed by atoms with Gasteiger partial charge in [-0.05, 0) is 56.2 Å². The Morgan fingerprint density at radius 3 is 2.71 bits per heavy atom. The van der Waals surface area contributed by atoms with Gasteiger partial charge in [-0.25, -0.2) is 0 Å². The lowest BCUT2D eigenvalue weighted by Gasteiger charge is -2.05. The summed E-state index contributed by atoms with van der Waals surface area (Å²) in [5.41, 5.74) is 2.64. The zero-order valence-electron chi connectivity index (χ0n) is 10.8. The Balaban J connectivity index is 2.26. The molecule has 1 aromatic rings. The minimum absolute atomic E-state index is 0.0896. The molecular weight excluding hydrogens is 232 g/mol. The Kier molecular flexibility index (Phi) is 6.12. The molecule has 1 rings (SSSR count). The summed E-state index contributed by atoms with van der Waals surface area (Å²) in [6, 6.07) is 6.48. The Labute approximate surface area is 108 Å². The highest BCUT2D eigenvalue weighted by molar-refractivity contribution is 7.99. The van der Waals surface area contributed by atoms with Crippen LogP contribution in [-0.4, -0.2) is 18.3 Å². The van der Waals surface area contributed by atoms with E-state index in [1.807, 2.05) is 6.92 Å². The van der Waals surface area contributed by atoms with Gasteiger partial charge in [0, 0.05) is 11.3 Å². The van der Waals surface area contributed by atoms with E-state index in [4.69, 9.17) is 4.74 Å². The van der Waals surface area contributed by atoms with E-state index in [9.17, 15) is 4.79 Å². The van der Waals surface area contributed by atoms with E-state index in [0.29, 0.717) is 13.0 Å². The van der Waals surface area contributed by atoms with Gasteiger partial charge in [-0.3, -0.25) is 4.79 Å². The van der Waals surface area contributed by atoms with E-state index in [0.717, 1.165) is 12.2 Å². The maximum absolute atomic E-state index is 11.1. The monoisotopic (exact) mass is 252 g/mol. The van der Waals surface area contributed by atoms with Crippen LogP contribution in [0.1, 0.15) is 30.9 Å². The molecule has 3 heteroatoms. The molecule has 1 aromatic carbocycles. The Morgan fingerprint density at radius 2 is 2.06 bits per heavy atom. The predicted octanol–water partition coefficient (Wildman–Crippen LogP) is 3.74. The third-order valence-corrected chi connectivity index (χ3v) is 3.66. The number of thioether (sulfide) groups is 1. The van der Waals surface area contributed by atoms with Gasteiger partial charge in [-0.2, -0.15) is 0 Å². The van der Waals surface area contributed by atoms with E-state index < -0.39 is 0 Å². The van der Waals surface area contributed by atoms with Gasteiger partial charge < -0.3 is 4.74 Å². The van der Waals surface area contributed by atoms with Gasteiger partial charge in [-0.15, -0.1) is 11.8 Å². The van der Waals surface area contributed by atoms with Gasteiger partial charge in [0.05, 0.1) is 6.61 Å². The van der Waals surface area contributed by atoms with E-state index in [-0.39, 0.29) is 5.97 Å².